The summed E-state index contributed by atoms with van der Waals surface area (Å²) in [5.41, 5.74) is 1.58. The summed E-state index contributed by atoms with van der Waals surface area (Å²) in [6.07, 6.45) is 1.85. The number of benzene rings is 1. The van der Waals surface area contributed by atoms with Crippen LogP contribution in [0.15, 0.2) is 16.6 Å². The molecule has 1 aromatic carbocycles. The molecule has 2 N–H and O–H groups in total. The zero-order chi connectivity index (χ0) is 21.2. The van der Waals surface area contributed by atoms with Crippen molar-refractivity contribution in [2.24, 2.45) is 0 Å². The van der Waals surface area contributed by atoms with Crippen molar-refractivity contribution in [3.8, 4) is 0 Å². The fourth-order valence-corrected chi connectivity index (χ4v) is 6.15. The van der Waals surface area contributed by atoms with Crippen molar-refractivity contribution in [1.82, 2.24) is 15.6 Å². The van der Waals surface area contributed by atoms with Crippen LogP contribution in [0.1, 0.15) is 28.7 Å². The van der Waals surface area contributed by atoms with E-state index in [4.69, 9.17) is 4.74 Å². The van der Waals surface area contributed by atoms with E-state index in [0.717, 1.165) is 38.9 Å². The number of ether oxygens (including phenoxy) is 1. The molecule has 11 heteroatoms. The van der Waals surface area contributed by atoms with Gasteiger partial charge in [0.15, 0.2) is 15.1 Å². The van der Waals surface area contributed by atoms with Crippen LogP contribution in [0.25, 0.3) is 10.2 Å². The highest BCUT2D eigenvalue weighted by Crippen LogP contribution is 2.34. The van der Waals surface area contributed by atoms with E-state index in [-0.39, 0.29) is 35.9 Å². The molecule has 0 spiro atoms. The number of amides is 2. The lowest BCUT2D eigenvalue weighted by molar-refractivity contribution is -0.126. The number of thiazole rings is 1. The van der Waals surface area contributed by atoms with Gasteiger partial charge in [-0.3, -0.25) is 9.59 Å². The van der Waals surface area contributed by atoms with E-state index in [9.17, 15) is 18.0 Å². The van der Waals surface area contributed by atoms with Gasteiger partial charge in [-0.2, -0.15) is 0 Å². The number of hydrogen-bond donors (Lipinski definition) is 2. The molecule has 1 aliphatic carbocycles. The molecule has 1 unspecified atom stereocenters. The van der Waals surface area contributed by atoms with Gasteiger partial charge in [0.1, 0.15) is 5.01 Å². The van der Waals surface area contributed by atoms with E-state index >= 15 is 0 Å². The number of hydrogen-bond acceptors (Lipinski definition) is 7. The molecule has 0 aliphatic heterocycles. The first kappa shape index (κ1) is 22.1. The van der Waals surface area contributed by atoms with Gasteiger partial charge in [0.2, 0.25) is 11.8 Å². The summed E-state index contributed by atoms with van der Waals surface area (Å²) in [6, 6.07) is 3.84. The van der Waals surface area contributed by atoms with Crippen molar-refractivity contribution < 1.29 is 22.7 Å². The summed E-state index contributed by atoms with van der Waals surface area (Å²) in [7, 11) is -2.50. The van der Waals surface area contributed by atoms with Crippen molar-refractivity contribution >= 4 is 59.1 Å². The third kappa shape index (κ3) is 5.53. The number of aromatic nitrogens is 1. The van der Waals surface area contributed by atoms with Gasteiger partial charge in [0.05, 0.1) is 29.1 Å². The molecule has 1 aromatic heterocycles. The molecule has 0 radical (unpaired) electrons. The quantitative estimate of drug-likeness (QED) is 0.539. The Morgan fingerprint density at radius 3 is 2.76 bits per heavy atom. The van der Waals surface area contributed by atoms with Crippen molar-refractivity contribution in [3.05, 3.63) is 27.2 Å². The monoisotopic (exact) mass is 503 g/mol. The lowest BCUT2D eigenvalue weighted by Crippen LogP contribution is -2.41. The van der Waals surface area contributed by atoms with E-state index in [1.807, 2.05) is 19.1 Å². The molecule has 1 aliphatic rings. The normalized spacial score (nSPS) is 15.3. The van der Waals surface area contributed by atoms with Crippen LogP contribution in [0, 0.1) is 6.92 Å². The fraction of sp³-hybridized carbons (Fsp3) is 0.500. The summed E-state index contributed by atoms with van der Waals surface area (Å²) in [6.45, 7) is 1.59. The summed E-state index contributed by atoms with van der Waals surface area (Å²) >= 11 is 4.60. The molecule has 158 valence electrons. The number of carbonyl (C=O) groups excluding carboxylic acids is 2. The van der Waals surface area contributed by atoms with Crippen LogP contribution < -0.4 is 10.6 Å². The average Bonchev–Trinajstić information content (AvgIpc) is 3.38. The first-order valence-corrected chi connectivity index (χ1v) is 12.4. The minimum Gasteiger partial charge on any atom is -0.384 e. The van der Waals surface area contributed by atoms with Crippen molar-refractivity contribution in [2.75, 3.05) is 26.0 Å². The highest BCUT2D eigenvalue weighted by Gasteiger charge is 2.37. The number of rotatable bonds is 9. The average molecular weight is 504 g/mol. The van der Waals surface area contributed by atoms with Crippen LogP contribution in [-0.4, -0.2) is 57.3 Å². The second-order valence-corrected chi connectivity index (χ2v) is 11.0. The molecule has 1 heterocycles. The molecular weight excluding hydrogens is 482 g/mol. The molecule has 2 aromatic rings. The number of nitrogens with zero attached hydrogens (tertiary/aromatic N) is 1. The topological polar surface area (TPSA) is 114 Å². The number of sulfone groups is 1. The number of halogens is 1. The molecule has 2 amide bonds. The molecule has 1 fully saturated rings. The Hall–Kier alpha value is -1.56. The van der Waals surface area contributed by atoms with Crippen LogP contribution in [0.4, 0.5) is 0 Å². The number of carbonyl (C=O) groups is 2. The Morgan fingerprint density at radius 2 is 2.10 bits per heavy atom. The maximum Gasteiger partial charge on any atom is 0.245 e. The van der Waals surface area contributed by atoms with Gasteiger partial charge in [0, 0.05) is 17.6 Å². The molecule has 0 bridgehead atoms. The van der Waals surface area contributed by atoms with Gasteiger partial charge in [-0.25, -0.2) is 13.4 Å². The second-order valence-electron chi connectivity index (χ2n) is 6.92. The third-order valence-corrected chi connectivity index (χ3v) is 8.42. The highest BCUT2D eigenvalue weighted by atomic mass is 79.9. The molecule has 8 nitrogen and oxygen atoms in total. The minimum atomic E-state index is -3.90. The van der Waals surface area contributed by atoms with Gasteiger partial charge in [-0.1, -0.05) is 15.9 Å². The third-order valence-electron chi connectivity index (χ3n) is 4.44. The van der Waals surface area contributed by atoms with Crippen LogP contribution in [0.5, 0.6) is 0 Å². The smallest absolute Gasteiger partial charge is 0.245 e. The van der Waals surface area contributed by atoms with Crippen molar-refractivity contribution in [2.45, 2.75) is 31.1 Å². The summed E-state index contributed by atoms with van der Waals surface area (Å²) in [5, 5.41) is 3.88. The molecule has 1 atom stereocenters. The highest BCUT2D eigenvalue weighted by molar-refractivity contribution is 9.10. The lowest BCUT2D eigenvalue weighted by atomic mass is 10.2. The van der Waals surface area contributed by atoms with E-state index in [0.29, 0.717) is 5.52 Å². The molecular formula is C18H22BrN3O5S2. The molecule has 3 rings (SSSR count). The predicted molar refractivity (Wildman–Crippen MR) is 115 cm³/mol. The second kappa shape index (κ2) is 9.07. The largest absolute Gasteiger partial charge is 0.384 e. The van der Waals surface area contributed by atoms with Crippen LogP contribution >= 0.6 is 27.3 Å². The standard InChI is InChI=1S/C18H22BrN3O5S2/c1-10-7-13-14(8-12(10)19)28-18(22-13)16(29(25,26)6-5-27-2)17(24)20-9-15(23)21-11-3-4-11/h7-8,11,16H,3-6,9H2,1-2H3,(H,20,24)(H,21,23). The molecule has 0 saturated heterocycles. The summed E-state index contributed by atoms with van der Waals surface area (Å²) in [5.74, 6) is -1.42. The summed E-state index contributed by atoms with van der Waals surface area (Å²) in [4.78, 5) is 29.1. The molecule has 1 saturated carbocycles. The van der Waals surface area contributed by atoms with Gasteiger partial charge < -0.3 is 15.4 Å². The van der Waals surface area contributed by atoms with Crippen LogP contribution in [0.3, 0.4) is 0 Å². The Morgan fingerprint density at radius 1 is 1.38 bits per heavy atom. The number of nitrogens with one attached hydrogen (secondary N) is 2. The number of fused-ring (bicyclic) bond motifs is 1. The predicted octanol–water partition coefficient (Wildman–Crippen LogP) is 1.86. The number of methoxy groups -OCH3 is 1. The Bertz CT molecular complexity index is 995. The van der Waals surface area contributed by atoms with Crippen LogP contribution in [-0.2, 0) is 24.2 Å². The first-order valence-electron chi connectivity index (χ1n) is 9.05. The minimum absolute atomic E-state index is 0.0379. The van der Waals surface area contributed by atoms with Crippen LogP contribution in [0.2, 0.25) is 0 Å². The zero-order valence-corrected chi connectivity index (χ0v) is 19.2. The summed E-state index contributed by atoms with van der Waals surface area (Å²) < 4.78 is 32.3. The molecule has 29 heavy (non-hydrogen) atoms. The first-order chi connectivity index (χ1) is 13.7. The Kier molecular flexibility index (Phi) is 6.92. The maximum absolute atomic E-state index is 12.9. The van der Waals surface area contributed by atoms with E-state index in [1.54, 1.807) is 0 Å². The van der Waals surface area contributed by atoms with Gasteiger partial charge in [0.25, 0.3) is 0 Å². The lowest BCUT2D eigenvalue weighted by Gasteiger charge is -2.15. The Labute approximate surface area is 181 Å². The SMILES string of the molecule is COCCS(=O)(=O)C(C(=O)NCC(=O)NC1CC1)c1nc2cc(C)c(Br)cc2s1. The van der Waals surface area contributed by atoms with Gasteiger partial charge in [-0.05, 0) is 37.5 Å². The van der Waals surface area contributed by atoms with E-state index < -0.39 is 21.0 Å². The Balaban J connectivity index is 1.87. The number of aryl methyl sites for hydroxylation is 1. The van der Waals surface area contributed by atoms with E-state index in [1.165, 1.54) is 7.11 Å². The van der Waals surface area contributed by atoms with Crippen molar-refractivity contribution in [3.63, 3.8) is 0 Å². The zero-order valence-electron chi connectivity index (χ0n) is 16.0. The van der Waals surface area contributed by atoms with E-state index in [2.05, 4.69) is 31.5 Å². The maximum atomic E-state index is 12.9. The van der Waals surface area contributed by atoms with Gasteiger partial charge >= 0.3 is 0 Å². The van der Waals surface area contributed by atoms with Gasteiger partial charge in [-0.15, -0.1) is 11.3 Å². The fourth-order valence-electron chi connectivity index (χ4n) is 2.70. The van der Waals surface area contributed by atoms with Crippen molar-refractivity contribution in [1.29, 1.82) is 0 Å².